The first kappa shape index (κ1) is 46.2. The number of carboxylic acids is 1. The first-order chi connectivity index (χ1) is 24.3. The molecule has 0 aromatic heterocycles. The maximum Gasteiger partial charge on any atom is 0.303 e. The van der Waals surface area contributed by atoms with Gasteiger partial charge in [0.2, 0.25) is 23.6 Å². The number of nitrogens with one attached hydrogen (secondary N) is 3. The zero-order valence-corrected chi connectivity index (χ0v) is 31.2. The van der Waals surface area contributed by atoms with Gasteiger partial charge < -0.3 is 51.2 Å². The predicted octanol–water partition coefficient (Wildman–Crippen LogP) is 2.57. The minimum Gasteiger partial charge on any atom is -0.481 e. The summed E-state index contributed by atoms with van der Waals surface area (Å²) < 4.78 is 17.7. The molecule has 0 aliphatic carbocycles. The van der Waals surface area contributed by atoms with E-state index in [1.54, 1.807) is 0 Å². The van der Waals surface area contributed by atoms with Crippen molar-refractivity contribution in [2.24, 2.45) is 5.73 Å². The highest BCUT2D eigenvalue weighted by atomic mass is 16.7. The minimum atomic E-state index is -1.45. The number of rotatable bonds is 29. The molecule has 0 radical (unpaired) electrons. The smallest absolute Gasteiger partial charge is 0.303 e. The second-order valence-electron chi connectivity index (χ2n) is 13.6. The summed E-state index contributed by atoms with van der Waals surface area (Å²) in [5.74, 6) is -4.08. The zero-order chi connectivity index (χ0) is 38.2. The summed E-state index contributed by atoms with van der Waals surface area (Å²) in [6.07, 6.45) is 11.6. The van der Waals surface area contributed by atoms with Crippen molar-refractivity contribution in [3.63, 3.8) is 0 Å². The number of unbranched alkanes of at least 4 members (excludes halogenated alkanes) is 14. The van der Waals surface area contributed by atoms with E-state index in [2.05, 4.69) is 22.9 Å². The van der Waals surface area contributed by atoms with Crippen molar-refractivity contribution in [2.45, 2.75) is 186 Å². The van der Waals surface area contributed by atoms with Crippen molar-refractivity contribution >= 4 is 29.6 Å². The Kier molecular flexibility index (Phi) is 24.3. The van der Waals surface area contributed by atoms with E-state index >= 15 is 0 Å². The number of hydrogen-bond donors (Lipinski definition) is 7. The van der Waals surface area contributed by atoms with Crippen LogP contribution >= 0.6 is 0 Å². The molecule has 1 aliphatic rings. The van der Waals surface area contributed by atoms with E-state index in [9.17, 15) is 34.2 Å². The number of carbonyl (C=O) groups is 5. The largest absolute Gasteiger partial charge is 0.481 e. The Bertz CT molecular complexity index is 1030. The van der Waals surface area contributed by atoms with Crippen molar-refractivity contribution in [3.8, 4) is 0 Å². The predicted molar refractivity (Wildman–Crippen MR) is 190 cm³/mol. The molecule has 0 aromatic rings. The lowest BCUT2D eigenvalue weighted by atomic mass is 9.96. The van der Waals surface area contributed by atoms with E-state index in [0.717, 1.165) is 25.7 Å². The molecule has 1 rings (SSSR count). The number of ether oxygens (including phenoxy) is 3. The fourth-order valence-electron chi connectivity index (χ4n) is 5.98. The van der Waals surface area contributed by atoms with Crippen LogP contribution in [0.3, 0.4) is 0 Å². The molecule has 0 spiro atoms. The fourth-order valence-corrected chi connectivity index (χ4v) is 5.98. The molecule has 0 aromatic carbocycles. The van der Waals surface area contributed by atoms with E-state index in [0.29, 0.717) is 6.61 Å². The lowest BCUT2D eigenvalue weighted by Crippen LogP contribution is -2.66. The van der Waals surface area contributed by atoms with Gasteiger partial charge in [-0.05, 0) is 26.7 Å². The SMILES string of the molecule is CCCCCCCCCCCCCCCCCO[C@@H]1O[C@H](CO)[C@@H](O)[C@H](OC(C)C(=O)N[C@@H](C)C(=O)N[C@H](CCC(=O)O)C(N)=O)[C@H]1NC(C)=O. The molecule has 296 valence electrons. The first-order valence-electron chi connectivity index (χ1n) is 18.9. The minimum absolute atomic E-state index is 0.225. The number of carbonyl (C=O) groups excluding carboxylic acids is 4. The van der Waals surface area contributed by atoms with Gasteiger partial charge in [-0.25, -0.2) is 0 Å². The molecule has 1 heterocycles. The number of aliphatic hydroxyl groups is 2. The van der Waals surface area contributed by atoms with E-state index in [4.69, 9.17) is 25.1 Å². The molecule has 0 bridgehead atoms. The van der Waals surface area contributed by atoms with Crippen LogP contribution in [0, 0.1) is 0 Å². The van der Waals surface area contributed by atoms with Crippen molar-refractivity contribution in [3.05, 3.63) is 0 Å². The van der Waals surface area contributed by atoms with Crippen molar-refractivity contribution in [1.29, 1.82) is 0 Å². The van der Waals surface area contributed by atoms with E-state index in [1.165, 1.54) is 91.4 Å². The number of carboxylic acid groups (broad SMARTS) is 1. The Morgan fingerprint density at radius 1 is 0.824 bits per heavy atom. The Morgan fingerprint density at radius 2 is 1.35 bits per heavy atom. The molecule has 1 unspecified atom stereocenters. The molecule has 4 amide bonds. The Balaban J connectivity index is 2.60. The molecule has 8 N–H and O–H groups in total. The molecule has 15 heteroatoms. The Hall–Kier alpha value is -2.85. The average molecular weight is 731 g/mol. The van der Waals surface area contributed by atoms with E-state index in [-0.39, 0.29) is 6.42 Å². The van der Waals surface area contributed by atoms with Crippen LogP contribution < -0.4 is 21.7 Å². The van der Waals surface area contributed by atoms with Gasteiger partial charge in [0.1, 0.15) is 42.5 Å². The normalized spacial score (nSPS) is 22.0. The van der Waals surface area contributed by atoms with Crippen LogP contribution in [0.2, 0.25) is 0 Å². The summed E-state index contributed by atoms with van der Waals surface area (Å²) in [7, 11) is 0. The third-order valence-corrected chi connectivity index (χ3v) is 9.04. The molecular formula is C36H66N4O11. The van der Waals surface area contributed by atoms with Gasteiger partial charge in [0, 0.05) is 20.0 Å². The third-order valence-electron chi connectivity index (χ3n) is 9.04. The summed E-state index contributed by atoms with van der Waals surface area (Å²) >= 11 is 0. The van der Waals surface area contributed by atoms with Crippen LogP contribution in [0.25, 0.3) is 0 Å². The van der Waals surface area contributed by atoms with Gasteiger partial charge in [0.15, 0.2) is 6.29 Å². The van der Waals surface area contributed by atoms with Crippen LogP contribution in [0.1, 0.15) is 137 Å². The molecule has 0 saturated carbocycles. The molecule has 15 nitrogen and oxygen atoms in total. The second-order valence-corrected chi connectivity index (χ2v) is 13.6. The standard InChI is InChI=1S/C36H66N4O11/c1-5-6-7-8-9-10-11-12-13-14-15-16-17-18-19-22-49-36-30(39-26(4)42)32(31(45)28(23-41)51-36)50-25(3)35(48)38-24(2)34(47)40-27(33(37)46)20-21-29(43)44/h24-25,27-28,30-32,36,41,45H,5-23H2,1-4H3,(H2,37,46)(H,38,48)(H,39,42)(H,40,47)(H,43,44)/t24-,25?,27+,28+,30+,31+,32+,36+/m0/s1. The molecule has 8 atom stereocenters. The average Bonchev–Trinajstić information content (AvgIpc) is 3.07. The Labute approximate surface area is 303 Å². The fraction of sp³-hybridized carbons (Fsp3) is 0.861. The highest BCUT2D eigenvalue weighted by Crippen LogP contribution is 2.26. The maximum atomic E-state index is 13.0. The number of hydrogen-bond acceptors (Lipinski definition) is 10. The lowest BCUT2D eigenvalue weighted by molar-refractivity contribution is -0.280. The van der Waals surface area contributed by atoms with Gasteiger partial charge in [-0.1, -0.05) is 96.8 Å². The monoisotopic (exact) mass is 730 g/mol. The molecule has 51 heavy (non-hydrogen) atoms. The van der Waals surface area contributed by atoms with E-state index in [1.807, 2.05) is 0 Å². The number of amides is 4. The molecule has 1 saturated heterocycles. The van der Waals surface area contributed by atoms with Gasteiger partial charge in [-0.2, -0.15) is 0 Å². The van der Waals surface area contributed by atoms with Crippen LogP contribution in [-0.2, 0) is 38.2 Å². The molecule has 1 aliphatic heterocycles. The van der Waals surface area contributed by atoms with Gasteiger partial charge in [-0.15, -0.1) is 0 Å². The maximum absolute atomic E-state index is 13.0. The highest BCUT2D eigenvalue weighted by Gasteiger charge is 2.48. The zero-order valence-electron chi connectivity index (χ0n) is 31.2. The van der Waals surface area contributed by atoms with Gasteiger partial charge in [-0.3, -0.25) is 24.0 Å². The van der Waals surface area contributed by atoms with Crippen LogP contribution in [0.5, 0.6) is 0 Å². The number of primary amides is 1. The summed E-state index contributed by atoms with van der Waals surface area (Å²) in [5, 5.41) is 37.2. The molecular weight excluding hydrogens is 664 g/mol. The van der Waals surface area contributed by atoms with Crippen LogP contribution in [-0.4, -0.2) is 107 Å². The second kappa shape index (κ2) is 26.9. The quantitative estimate of drug-likeness (QED) is 0.0553. The van der Waals surface area contributed by atoms with E-state index < -0.39 is 91.5 Å². The van der Waals surface area contributed by atoms with Gasteiger partial charge in [0.25, 0.3) is 0 Å². The molecule has 1 fully saturated rings. The van der Waals surface area contributed by atoms with Crippen molar-refractivity contribution in [2.75, 3.05) is 13.2 Å². The summed E-state index contributed by atoms with van der Waals surface area (Å²) in [5.41, 5.74) is 5.27. The number of aliphatic hydroxyl groups excluding tert-OH is 2. The van der Waals surface area contributed by atoms with Gasteiger partial charge >= 0.3 is 5.97 Å². The lowest BCUT2D eigenvalue weighted by Gasteiger charge is -2.44. The van der Waals surface area contributed by atoms with Gasteiger partial charge in [0.05, 0.1) is 6.61 Å². The van der Waals surface area contributed by atoms with Crippen molar-refractivity contribution in [1.82, 2.24) is 16.0 Å². The van der Waals surface area contributed by atoms with Crippen LogP contribution in [0.15, 0.2) is 0 Å². The van der Waals surface area contributed by atoms with Crippen LogP contribution in [0.4, 0.5) is 0 Å². The van der Waals surface area contributed by atoms with Crippen molar-refractivity contribution < 1.29 is 53.5 Å². The highest BCUT2D eigenvalue weighted by molar-refractivity contribution is 5.92. The first-order valence-corrected chi connectivity index (χ1v) is 18.9. The summed E-state index contributed by atoms with van der Waals surface area (Å²) in [6.45, 7) is 5.98. The third kappa shape index (κ3) is 19.5. The summed E-state index contributed by atoms with van der Waals surface area (Å²) in [6, 6.07) is -3.45. The number of aliphatic carboxylic acids is 1. The topological polar surface area (TPSA) is 236 Å². The number of nitrogens with two attached hydrogens (primary N) is 1. The summed E-state index contributed by atoms with van der Waals surface area (Å²) in [4.78, 5) is 60.3. The Morgan fingerprint density at radius 3 is 1.82 bits per heavy atom.